The summed E-state index contributed by atoms with van der Waals surface area (Å²) in [4.78, 5) is 18.0. The fourth-order valence-electron chi connectivity index (χ4n) is 4.58. The van der Waals surface area contributed by atoms with Crippen LogP contribution in [0, 0.1) is 11.2 Å². The predicted octanol–water partition coefficient (Wildman–Crippen LogP) is 5.15. The summed E-state index contributed by atoms with van der Waals surface area (Å²) >= 11 is 4.70. The van der Waals surface area contributed by atoms with Gasteiger partial charge in [0.25, 0.3) is 0 Å². The Morgan fingerprint density at radius 1 is 1.22 bits per heavy atom. The molecule has 0 radical (unpaired) electrons. The van der Waals surface area contributed by atoms with Gasteiger partial charge in [-0.1, -0.05) is 18.2 Å². The van der Waals surface area contributed by atoms with Gasteiger partial charge in [0.15, 0.2) is 0 Å². The number of hydrogen-bond donors (Lipinski definition) is 3. The number of thiol groups is 1. The fraction of sp³-hybridized carbons (Fsp3) is 0.280. The Hall–Kier alpha value is -2.90. The Morgan fingerprint density at radius 3 is 2.69 bits per heavy atom. The highest BCUT2D eigenvalue weighted by Gasteiger charge is 2.48. The minimum absolute atomic E-state index is 0.0129. The van der Waals surface area contributed by atoms with Crippen LogP contribution >= 0.6 is 12.6 Å². The van der Waals surface area contributed by atoms with Gasteiger partial charge in [-0.25, -0.2) is 9.18 Å². The number of pyridine rings is 1. The third-order valence-corrected chi connectivity index (χ3v) is 6.88. The monoisotopic (exact) mass is 449 g/mol. The van der Waals surface area contributed by atoms with Gasteiger partial charge >= 0.3 is 5.97 Å². The van der Waals surface area contributed by atoms with E-state index in [0.29, 0.717) is 34.1 Å². The van der Waals surface area contributed by atoms with Crippen LogP contribution < -0.4 is 10.2 Å². The lowest BCUT2D eigenvalue weighted by Gasteiger charge is -2.29. The smallest absolute Gasteiger partial charge is 0.337 e. The van der Waals surface area contributed by atoms with E-state index in [-0.39, 0.29) is 11.1 Å². The molecule has 1 aliphatic carbocycles. The van der Waals surface area contributed by atoms with Gasteiger partial charge in [0.05, 0.1) is 11.3 Å². The number of rotatable bonds is 6. The number of nitrogens with one attached hydrogen (secondary N) is 1. The van der Waals surface area contributed by atoms with Crippen molar-refractivity contribution in [2.45, 2.75) is 30.2 Å². The number of hydrogen-bond acceptors (Lipinski definition) is 5. The lowest BCUT2D eigenvalue weighted by Crippen LogP contribution is -2.35. The van der Waals surface area contributed by atoms with Crippen molar-refractivity contribution in [2.75, 3.05) is 18.0 Å². The topological polar surface area (TPSA) is 65.5 Å². The Labute approximate surface area is 191 Å². The summed E-state index contributed by atoms with van der Waals surface area (Å²) < 4.78 is 15.3. The zero-order valence-electron chi connectivity index (χ0n) is 17.5. The Balaban J connectivity index is 1.51. The molecule has 2 N–H and O–H groups in total. The molecular formula is C25H24FN3O2S. The van der Waals surface area contributed by atoms with Crippen LogP contribution in [0.25, 0.3) is 11.1 Å². The number of para-hydroxylation sites is 1. The standard InChI is InChI=1S/C25H24FN3O2S/c26-21-10-22(23(32)9-20(21)16-8-17(24(30)31)13-27-12-16)29(19-4-2-1-3-5-19)14-18-11-25(6-7-25)15-28-18/h1-5,8-10,12-13,18,28,32H,6-7,11,14-15H2,(H,30,31). The fourth-order valence-corrected chi connectivity index (χ4v) is 4.89. The number of carboxylic acids is 1. The zero-order chi connectivity index (χ0) is 22.3. The molecule has 2 heterocycles. The highest BCUT2D eigenvalue weighted by atomic mass is 32.1. The van der Waals surface area contributed by atoms with Crippen molar-refractivity contribution in [3.63, 3.8) is 0 Å². The van der Waals surface area contributed by atoms with Crippen LogP contribution in [0.2, 0.25) is 0 Å². The second-order valence-corrected chi connectivity index (χ2v) is 9.30. The summed E-state index contributed by atoms with van der Waals surface area (Å²) in [6.45, 7) is 1.77. The van der Waals surface area contributed by atoms with Crippen molar-refractivity contribution in [3.8, 4) is 11.1 Å². The maximum atomic E-state index is 15.3. The molecule has 32 heavy (non-hydrogen) atoms. The average Bonchev–Trinajstić information content (AvgIpc) is 3.44. The zero-order valence-corrected chi connectivity index (χ0v) is 18.4. The minimum Gasteiger partial charge on any atom is -0.478 e. The average molecular weight is 450 g/mol. The van der Waals surface area contributed by atoms with Gasteiger partial charge in [-0.15, -0.1) is 12.6 Å². The largest absolute Gasteiger partial charge is 0.478 e. The molecule has 0 bridgehead atoms. The SMILES string of the molecule is O=C(O)c1cncc(-c2cc(S)c(N(CC3CC4(CC4)CN3)c3ccccc3)cc2F)c1. The van der Waals surface area contributed by atoms with E-state index in [1.165, 1.54) is 37.4 Å². The van der Waals surface area contributed by atoms with Gasteiger partial charge in [-0.3, -0.25) is 4.98 Å². The molecule has 1 aliphatic heterocycles. The normalized spacial score (nSPS) is 18.6. The first-order valence-electron chi connectivity index (χ1n) is 10.7. The van der Waals surface area contributed by atoms with Crippen molar-refractivity contribution in [3.05, 3.63) is 72.3 Å². The maximum absolute atomic E-state index is 15.3. The first kappa shape index (κ1) is 21.0. The van der Waals surface area contributed by atoms with Crippen LogP contribution in [0.1, 0.15) is 29.6 Å². The van der Waals surface area contributed by atoms with Gasteiger partial charge in [-0.2, -0.15) is 0 Å². The maximum Gasteiger partial charge on any atom is 0.337 e. The summed E-state index contributed by atoms with van der Waals surface area (Å²) in [7, 11) is 0. The second-order valence-electron chi connectivity index (χ2n) is 8.82. The first-order chi connectivity index (χ1) is 15.4. The lowest BCUT2D eigenvalue weighted by atomic mass is 10.0. The minimum atomic E-state index is -1.10. The van der Waals surface area contributed by atoms with E-state index in [1.807, 2.05) is 30.3 Å². The molecule has 1 saturated carbocycles. The van der Waals surface area contributed by atoms with E-state index in [9.17, 15) is 9.90 Å². The molecule has 1 unspecified atom stereocenters. The van der Waals surface area contributed by atoms with Gasteiger partial charge in [0.1, 0.15) is 5.82 Å². The summed E-state index contributed by atoms with van der Waals surface area (Å²) in [5.74, 6) is -1.55. The quantitative estimate of drug-likeness (QED) is 0.454. The summed E-state index contributed by atoms with van der Waals surface area (Å²) in [6.07, 6.45) is 6.41. The molecule has 3 aromatic rings. The van der Waals surface area contributed by atoms with Crippen LogP contribution in [0.5, 0.6) is 0 Å². The van der Waals surface area contributed by atoms with E-state index in [2.05, 4.69) is 15.2 Å². The van der Waals surface area contributed by atoms with Crippen LogP contribution in [-0.2, 0) is 0 Å². The van der Waals surface area contributed by atoms with Gasteiger partial charge in [0.2, 0.25) is 0 Å². The number of anilines is 2. The lowest BCUT2D eigenvalue weighted by molar-refractivity contribution is 0.0696. The molecule has 1 saturated heterocycles. The Kier molecular flexibility index (Phi) is 5.39. The molecule has 2 aliphatic rings. The molecule has 0 amide bonds. The molecule has 5 nitrogen and oxygen atoms in total. The van der Waals surface area contributed by atoms with Crippen molar-refractivity contribution in [2.24, 2.45) is 5.41 Å². The predicted molar refractivity (Wildman–Crippen MR) is 125 cm³/mol. The Morgan fingerprint density at radius 2 is 2.00 bits per heavy atom. The number of aromatic carboxylic acids is 1. The van der Waals surface area contributed by atoms with Gasteiger partial charge < -0.3 is 15.3 Å². The van der Waals surface area contributed by atoms with Gasteiger partial charge in [-0.05, 0) is 55.0 Å². The van der Waals surface area contributed by atoms with Crippen molar-refractivity contribution < 1.29 is 14.3 Å². The molecule has 1 spiro atoms. The third kappa shape index (κ3) is 4.10. The number of benzene rings is 2. The van der Waals surface area contributed by atoms with Crippen LogP contribution in [0.3, 0.4) is 0 Å². The third-order valence-electron chi connectivity index (χ3n) is 6.52. The van der Waals surface area contributed by atoms with E-state index in [0.717, 1.165) is 18.7 Å². The summed E-state index contributed by atoms with van der Waals surface area (Å²) in [5, 5.41) is 12.9. The van der Waals surface area contributed by atoms with E-state index < -0.39 is 11.8 Å². The molecule has 164 valence electrons. The number of halogens is 1. The molecular weight excluding hydrogens is 425 g/mol. The van der Waals surface area contributed by atoms with E-state index in [1.54, 1.807) is 6.07 Å². The first-order valence-corrected chi connectivity index (χ1v) is 11.2. The van der Waals surface area contributed by atoms with Crippen LogP contribution in [0.15, 0.2) is 65.8 Å². The van der Waals surface area contributed by atoms with Crippen molar-refractivity contribution in [1.29, 1.82) is 0 Å². The van der Waals surface area contributed by atoms with E-state index in [4.69, 9.17) is 12.6 Å². The molecule has 7 heteroatoms. The molecule has 5 rings (SSSR count). The number of carboxylic acid groups (broad SMARTS) is 1. The number of aromatic nitrogens is 1. The van der Waals surface area contributed by atoms with Crippen molar-refractivity contribution in [1.82, 2.24) is 10.3 Å². The van der Waals surface area contributed by atoms with Crippen molar-refractivity contribution >= 4 is 30.0 Å². The highest BCUT2D eigenvalue weighted by Crippen LogP contribution is 2.52. The van der Waals surface area contributed by atoms with Gasteiger partial charge in [0, 0.05) is 53.2 Å². The molecule has 2 aromatic carbocycles. The molecule has 2 fully saturated rings. The Bertz CT molecular complexity index is 1170. The molecule has 1 atom stereocenters. The second kappa shape index (κ2) is 8.22. The number of carbonyl (C=O) groups is 1. The van der Waals surface area contributed by atoms with E-state index >= 15 is 4.39 Å². The van der Waals surface area contributed by atoms with Crippen LogP contribution in [-0.4, -0.2) is 35.2 Å². The summed E-state index contributed by atoms with van der Waals surface area (Å²) in [5.41, 5.74) is 2.82. The molecule has 1 aromatic heterocycles. The van der Waals surface area contributed by atoms with Crippen LogP contribution in [0.4, 0.5) is 15.8 Å². The summed E-state index contributed by atoms with van der Waals surface area (Å²) in [6, 6.07) is 14.8. The number of nitrogens with zero attached hydrogens (tertiary/aromatic N) is 2. The highest BCUT2D eigenvalue weighted by molar-refractivity contribution is 7.80.